The summed E-state index contributed by atoms with van der Waals surface area (Å²) in [5.74, 6) is -0.0165. The van der Waals surface area contributed by atoms with Crippen molar-refractivity contribution in [3.05, 3.63) is 58.9 Å². The number of amides is 2. The molecule has 3 aliphatic rings. The molecule has 2 fully saturated rings. The van der Waals surface area contributed by atoms with E-state index in [0.29, 0.717) is 30.0 Å². The highest BCUT2D eigenvalue weighted by molar-refractivity contribution is 6.10. The van der Waals surface area contributed by atoms with Gasteiger partial charge in [0.15, 0.2) is 0 Å². The molecule has 1 saturated heterocycles. The number of hydrogen-bond donors (Lipinski definition) is 2. The van der Waals surface area contributed by atoms with Crippen LogP contribution in [0.2, 0.25) is 0 Å². The molecule has 1 aromatic heterocycles. The number of aromatic nitrogens is 1. The molecule has 1 aliphatic carbocycles. The van der Waals surface area contributed by atoms with Crippen LogP contribution in [0.1, 0.15) is 34.3 Å². The Morgan fingerprint density at radius 3 is 2.70 bits per heavy atom. The maximum Gasteiger partial charge on any atom is 0.252 e. The van der Waals surface area contributed by atoms with E-state index in [-0.39, 0.29) is 11.8 Å². The van der Waals surface area contributed by atoms with E-state index in [1.165, 1.54) is 17.7 Å². The molecule has 3 heterocycles. The molecular weight excluding hydrogens is 419 g/mol. The second kappa shape index (κ2) is 7.99. The number of H-pyrrole nitrogens is 1. The molecular formula is C26H27FN4O2. The zero-order valence-electron chi connectivity index (χ0n) is 18.5. The number of nitrogens with zero attached hydrogens (tertiary/aromatic N) is 2. The minimum absolute atomic E-state index is 0.225. The molecule has 6 nitrogen and oxygen atoms in total. The number of aromatic amines is 1. The molecule has 1 saturated carbocycles. The summed E-state index contributed by atoms with van der Waals surface area (Å²) in [4.78, 5) is 32.6. The SMILES string of the molecule is O=C1NCCc2c(-c3cccc(CN4CCN(C(=O)C5CC5)CC4)c3)[nH]c3cc(F)cc1c23. The molecule has 0 bridgehead atoms. The standard InChI is InChI=1S/C26H27FN4O2/c27-19-13-21-23-20(6-7-28-25(21)32)24(29-22(23)14-19)18-3-1-2-16(12-18)15-30-8-10-31(11-9-30)26(33)17-4-5-17/h1-3,12-14,17,29H,4-11,15H2,(H,28,32). The van der Waals surface area contributed by atoms with Gasteiger partial charge in [0.05, 0.1) is 5.56 Å². The first-order valence-electron chi connectivity index (χ1n) is 11.8. The maximum absolute atomic E-state index is 14.2. The largest absolute Gasteiger partial charge is 0.354 e. The molecule has 0 spiro atoms. The Kier molecular flexibility index (Phi) is 4.94. The number of piperazine rings is 1. The van der Waals surface area contributed by atoms with Crippen molar-refractivity contribution in [2.75, 3.05) is 32.7 Å². The molecule has 0 atom stereocenters. The zero-order chi connectivity index (χ0) is 22.5. The van der Waals surface area contributed by atoms with Gasteiger partial charge in [-0.2, -0.15) is 0 Å². The van der Waals surface area contributed by atoms with Gasteiger partial charge in [-0.3, -0.25) is 14.5 Å². The summed E-state index contributed by atoms with van der Waals surface area (Å²) >= 11 is 0. The lowest BCUT2D eigenvalue weighted by Gasteiger charge is -2.35. The topological polar surface area (TPSA) is 68.4 Å². The normalized spacial score (nSPS) is 18.9. The molecule has 7 heteroatoms. The van der Waals surface area contributed by atoms with Crippen molar-refractivity contribution in [2.24, 2.45) is 5.92 Å². The molecule has 0 radical (unpaired) electrons. The summed E-state index contributed by atoms with van der Waals surface area (Å²) in [7, 11) is 0. The van der Waals surface area contributed by atoms with Crippen LogP contribution >= 0.6 is 0 Å². The van der Waals surface area contributed by atoms with Gasteiger partial charge in [-0.15, -0.1) is 0 Å². The average molecular weight is 447 g/mol. The Hall–Kier alpha value is -3.19. The van der Waals surface area contributed by atoms with Gasteiger partial charge < -0.3 is 15.2 Å². The number of carbonyl (C=O) groups excluding carboxylic acids is 2. The number of rotatable bonds is 4. The molecule has 2 aromatic carbocycles. The van der Waals surface area contributed by atoms with Crippen LogP contribution in [0.3, 0.4) is 0 Å². The third-order valence-electron chi connectivity index (χ3n) is 7.10. The van der Waals surface area contributed by atoms with Crippen LogP contribution in [0.5, 0.6) is 0 Å². The van der Waals surface area contributed by atoms with E-state index in [1.54, 1.807) is 0 Å². The smallest absolute Gasteiger partial charge is 0.252 e. The number of benzene rings is 2. The van der Waals surface area contributed by atoms with Gasteiger partial charge in [0.25, 0.3) is 5.91 Å². The first-order valence-corrected chi connectivity index (χ1v) is 11.8. The fraction of sp³-hybridized carbons (Fsp3) is 0.385. The van der Waals surface area contributed by atoms with Crippen molar-refractivity contribution < 1.29 is 14.0 Å². The van der Waals surface area contributed by atoms with Crippen LogP contribution in [0.4, 0.5) is 4.39 Å². The van der Waals surface area contributed by atoms with Crippen molar-refractivity contribution in [2.45, 2.75) is 25.8 Å². The Morgan fingerprint density at radius 1 is 1.09 bits per heavy atom. The Labute approximate surface area is 191 Å². The predicted octanol–water partition coefficient (Wildman–Crippen LogP) is 3.31. The Balaban J connectivity index is 1.25. The molecule has 2 aliphatic heterocycles. The van der Waals surface area contributed by atoms with Crippen molar-refractivity contribution in [1.29, 1.82) is 0 Å². The number of halogens is 1. The van der Waals surface area contributed by atoms with Crippen LogP contribution in [0.25, 0.3) is 22.2 Å². The Bertz CT molecular complexity index is 1250. The zero-order valence-corrected chi connectivity index (χ0v) is 18.5. The molecule has 2 N–H and O–H groups in total. The average Bonchev–Trinajstić information content (AvgIpc) is 3.62. The molecule has 170 valence electrons. The van der Waals surface area contributed by atoms with E-state index >= 15 is 0 Å². The van der Waals surface area contributed by atoms with Gasteiger partial charge in [0, 0.05) is 61.8 Å². The van der Waals surface area contributed by atoms with Crippen LogP contribution in [0.15, 0.2) is 36.4 Å². The van der Waals surface area contributed by atoms with Crippen LogP contribution < -0.4 is 5.32 Å². The summed E-state index contributed by atoms with van der Waals surface area (Å²) in [5, 5.41) is 3.70. The highest BCUT2D eigenvalue weighted by Gasteiger charge is 2.34. The number of carbonyl (C=O) groups is 2. The predicted molar refractivity (Wildman–Crippen MR) is 124 cm³/mol. The highest BCUT2D eigenvalue weighted by atomic mass is 19.1. The lowest BCUT2D eigenvalue weighted by Crippen LogP contribution is -2.48. The van der Waals surface area contributed by atoms with E-state index in [4.69, 9.17) is 0 Å². The van der Waals surface area contributed by atoms with Crippen molar-refractivity contribution in [1.82, 2.24) is 20.1 Å². The third-order valence-corrected chi connectivity index (χ3v) is 7.10. The Morgan fingerprint density at radius 2 is 1.91 bits per heavy atom. The first kappa shape index (κ1) is 20.4. The van der Waals surface area contributed by atoms with Crippen molar-refractivity contribution in [3.8, 4) is 11.3 Å². The van der Waals surface area contributed by atoms with Crippen molar-refractivity contribution in [3.63, 3.8) is 0 Å². The van der Waals surface area contributed by atoms with Gasteiger partial charge in [-0.1, -0.05) is 18.2 Å². The second-order valence-corrected chi connectivity index (χ2v) is 9.44. The van der Waals surface area contributed by atoms with Gasteiger partial charge in [0.2, 0.25) is 5.91 Å². The van der Waals surface area contributed by atoms with Crippen LogP contribution in [-0.2, 0) is 17.8 Å². The van der Waals surface area contributed by atoms with Gasteiger partial charge in [-0.25, -0.2) is 4.39 Å². The molecule has 6 rings (SSSR count). The number of hydrogen-bond acceptors (Lipinski definition) is 3. The van der Waals surface area contributed by atoms with Crippen molar-refractivity contribution >= 4 is 22.7 Å². The summed E-state index contributed by atoms with van der Waals surface area (Å²) in [6, 6.07) is 11.2. The second-order valence-electron chi connectivity index (χ2n) is 9.44. The van der Waals surface area contributed by atoms with Gasteiger partial charge in [-0.05, 0) is 54.2 Å². The molecule has 0 unspecified atom stereocenters. The fourth-order valence-electron chi connectivity index (χ4n) is 5.24. The highest BCUT2D eigenvalue weighted by Crippen LogP contribution is 2.35. The van der Waals surface area contributed by atoms with E-state index in [2.05, 4.69) is 39.5 Å². The summed E-state index contributed by atoms with van der Waals surface area (Å²) < 4.78 is 14.2. The van der Waals surface area contributed by atoms with Gasteiger partial charge in [0.1, 0.15) is 5.82 Å². The maximum atomic E-state index is 14.2. The van der Waals surface area contributed by atoms with Crippen LogP contribution in [0, 0.1) is 11.7 Å². The minimum atomic E-state index is -0.415. The number of nitrogens with one attached hydrogen (secondary N) is 2. The monoisotopic (exact) mass is 446 g/mol. The molecule has 2 amide bonds. The summed E-state index contributed by atoms with van der Waals surface area (Å²) in [6.45, 7) is 4.73. The van der Waals surface area contributed by atoms with E-state index in [0.717, 1.165) is 67.8 Å². The quantitative estimate of drug-likeness (QED) is 0.646. The third kappa shape index (κ3) is 3.80. The van der Waals surface area contributed by atoms with E-state index in [9.17, 15) is 14.0 Å². The van der Waals surface area contributed by atoms with Crippen LogP contribution in [-0.4, -0.2) is 59.3 Å². The lowest BCUT2D eigenvalue weighted by atomic mass is 9.99. The minimum Gasteiger partial charge on any atom is -0.354 e. The van der Waals surface area contributed by atoms with E-state index in [1.807, 2.05) is 4.90 Å². The summed E-state index contributed by atoms with van der Waals surface area (Å²) in [5.41, 5.74) is 5.32. The first-order chi connectivity index (χ1) is 16.1. The molecule has 33 heavy (non-hydrogen) atoms. The molecule has 3 aromatic rings. The van der Waals surface area contributed by atoms with E-state index < -0.39 is 5.82 Å². The summed E-state index contributed by atoms with van der Waals surface area (Å²) in [6.07, 6.45) is 2.81. The lowest BCUT2D eigenvalue weighted by molar-refractivity contribution is -0.134. The van der Waals surface area contributed by atoms with Gasteiger partial charge >= 0.3 is 0 Å². The fourth-order valence-corrected chi connectivity index (χ4v) is 5.24.